The molecule has 0 spiro atoms. The summed E-state index contributed by atoms with van der Waals surface area (Å²) in [5, 5.41) is 11.2. The topological polar surface area (TPSA) is 67.8 Å². The minimum Gasteiger partial charge on any atom is -0.449 e. The lowest BCUT2D eigenvalue weighted by molar-refractivity contribution is 0.0899. The second kappa shape index (κ2) is 8.40. The van der Waals surface area contributed by atoms with Gasteiger partial charge in [-0.05, 0) is 29.6 Å². The first-order valence-electron chi connectivity index (χ1n) is 8.20. The SMILES string of the molecule is CC1CC#CCC(C)[C@H]2C(COC(=O)NCCOCCO)[C@@H]12. The van der Waals surface area contributed by atoms with Crippen molar-refractivity contribution >= 4 is 6.09 Å². The number of fused-ring (bicyclic) bond motifs is 1. The summed E-state index contributed by atoms with van der Waals surface area (Å²) in [6.07, 6.45) is 1.53. The van der Waals surface area contributed by atoms with Gasteiger partial charge in [0, 0.05) is 19.4 Å². The Kier molecular flexibility index (Phi) is 6.53. The Hall–Kier alpha value is -1.25. The van der Waals surface area contributed by atoms with Crippen LogP contribution in [0.1, 0.15) is 26.7 Å². The summed E-state index contributed by atoms with van der Waals surface area (Å²) in [6, 6.07) is 0. The first-order valence-corrected chi connectivity index (χ1v) is 8.20. The quantitative estimate of drug-likeness (QED) is 0.554. The molecule has 0 aliphatic heterocycles. The van der Waals surface area contributed by atoms with Crippen molar-refractivity contribution in [2.24, 2.45) is 29.6 Å². The van der Waals surface area contributed by atoms with Crippen LogP contribution in [0.5, 0.6) is 0 Å². The van der Waals surface area contributed by atoms with E-state index in [0.29, 0.717) is 56.0 Å². The highest BCUT2D eigenvalue weighted by atomic mass is 16.5. The number of rotatable bonds is 7. The van der Waals surface area contributed by atoms with E-state index >= 15 is 0 Å². The van der Waals surface area contributed by atoms with Gasteiger partial charge in [0.15, 0.2) is 0 Å². The lowest BCUT2D eigenvalue weighted by atomic mass is 9.92. The van der Waals surface area contributed by atoms with E-state index in [2.05, 4.69) is 31.0 Å². The molecule has 124 valence electrons. The van der Waals surface area contributed by atoms with Gasteiger partial charge in [-0.15, -0.1) is 11.8 Å². The van der Waals surface area contributed by atoms with Crippen LogP contribution in [0.15, 0.2) is 0 Å². The number of aliphatic hydroxyl groups excluding tert-OH is 1. The van der Waals surface area contributed by atoms with Crippen molar-refractivity contribution in [3.8, 4) is 11.8 Å². The number of aliphatic hydroxyl groups is 1. The van der Waals surface area contributed by atoms with E-state index in [-0.39, 0.29) is 12.7 Å². The molecule has 3 unspecified atom stereocenters. The largest absolute Gasteiger partial charge is 0.449 e. The second-order valence-electron chi connectivity index (χ2n) is 6.40. The molecule has 0 aromatic heterocycles. The van der Waals surface area contributed by atoms with Crippen LogP contribution in [-0.4, -0.2) is 44.2 Å². The van der Waals surface area contributed by atoms with Crippen molar-refractivity contribution in [3.05, 3.63) is 0 Å². The van der Waals surface area contributed by atoms with E-state index in [1.165, 1.54) is 0 Å². The van der Waals surface area contributed by atoms with Crippen LogP contribution in [0, 0.1) is 41.4 Å². The van der Waals surface area contributed by atoms with Crippen LogP contribution in [-0.2, 0) is 9.47 Å². The molecule has 0 saturated heterocycles. The first kappa shape index (κ1) is 17.1. The van der Waals surface area contributed by atoms with Crippen molar-refractivity contribution in [2.45, 2.75) is 26.7 Å². The minimum atomic E-state index is -0.386. The normalized spacial score (nSPS) is 32.8. The van der Waals surface area contributed by atoms with Gasteiger partial charge >= 0.3 is 6.09 Å². The van der Waals surface area contributed by atoms with Gasteiger partial charge in [0.05, 0.1) is 26.4 Å². The average Bonchev–Trinajstić information content (AvgIpc) is 3.21. The maximum Gasteiger partial charge on any atom is 0.407 e. The highest BCUT2D eigenvalue weighted by Gasteiger charge is 2.55. The molecule has 0 heterocycles. The molecule has 1 fully saturated rings. The zero-order valence-corrected chi connectivity index (χ0v) is 13.5. The Morgan fingerprint density at radius 2 is 1.82 bits per heavy atom. The van der Waals surface area contributed by atoms with Crippen molar-refractivity contribution in [2.75, 3.05) is 33.0 Å². The molecule has 2 rings (SSSR count). The Balaban J connectivity index is 1.66. The number of nitrogens with one attached hydrogen (secondary N) is 1. The third-order valence-electron chi connectivity index (χ3n) is 4.74. The molecule has 1 saturated carbocycles. The zero-order chi connectivity index (χ0) is 15.9. The molecule has 5 nitrogen and oxygen atoms in total. The fourth-order valence-electron chi connectivity index (χ4n) is 3.61. The number of amides is 1. The lowest BCUT2D eigenvalue weighted by Crippen LogP contribution is -2.29. The summed E-state index contributed by atoms with van der Waals surface area (Å²) in [7, 11) is 0. The summed E-state index contributed by atoms with van der Waals surface area (Å²) in [6.45, 7) is 6.07. The highest BCUT2D eigenvalue weighted by Crippen LogP contribution is 2.56. The minimum absolute atomic E-state index is 0.00497. The predicted octanol–water partition coefficient (Wildman–Crippen LogP) is 1.65. The van der Waals surface area contributed by atoms with Crippen LogP contribution in [0.4, 0.5) is 4.79 Å². The summed E-state index contributed by atoms with van der Waals surface area (Å²) >= 11 is 0. The molecule has 22 heavy (non-hydrogen) atoms. The van der Waals surface area contributed by atoms with Gasteiger partial charge in [-0.25, -0.2) is 4.79 Å². The van der Waals surface area contributed by atoms with Crippen LogP contribution < -0.4 is 5.32 Å². The van der Waals surface area contributed by atoms with Gasteiger partial charge in [0.25, 0.3) is 0 Å². The van der Waals surface area contributed by atoms with E-state index in [4.69, 9.17) is 14.6 Å². The van der Waals surface area contributed by atoms with Gasteiger partial charge in [-0.2, -0.15) is 0 Å². The van der Waals surface area contributed by atoms with E-state index < -0.39 is 0 Å². The standard InChI is InChI=1S/C17H27NO4/c1-12-5-3-4-6-13(2)16-14(15(12)16)11-22-17(20)18-7-9-21-10-8-19/h12-16,19H,5-11H2,1-2H3,(H,18,20)/t12?,13?,14?,15-,16+. The smallest absolute Gasteiger partial charge is 0.407 e. The monoisotopic (exact) mass is 309 g/mol. The molecular weight excluding hydrogens is 282 g/mol. The molecule has 1 amide bonds. The summed E-state index contributed by atoms with van der Waals surface area (Å²) < 4.78 is 10.4. The average molecular weight is 309 g/mol. The molecule has 5 heteroatoms. The van der Waals surface area contributed by atoms with Crippen molar-refractivity contribution in [1.82, 2.24) is 5.32 Å². The molecule has 2 N–H and O–H groups in total. The summed E-state index contributed by atoms with van der Waals surface area (Å²) in [4.78, 5) is 11.6. The first-order chi connectivity index (χ1) is 10.6. The lowest BCUT2D eigenvalue weighted by Gasteiger charge is -2.12. The van der Waals surface area contributed by atoms with Crippen LogP contribution in [0.2, 0.25) is 0 Å². The number of ether oxygens (including phenoxy) is 2. The Bertz CT molecular complexity index is 406. The van der Waals surface area contributed by atoms with Crippen LogP contribution in [0.3, 0.4) is 0 Å². The molecule has 2 aliphatic rings. The van der Waals surface area contributed by atoms with Gasteiger partial charge in [-0.1, -0.05) is 13.8 Å². The fourth-order valence-corrected chi connectivity index (χ4v) is 3.61. The van der Waals surface area contributed by atoms with Gasteiger partial charge in [0.1, 0.15) is 0 Å². The maximum absolute atomic E-state index is 11.6. The van der Waals surface area contributed by atoms with E-state index in [0.717, 1.165) is 12.8 Å². The maximum atomic E-state index is 11.6. The van der Waals surface area contributed by atoms with Gasteiger partial charge in [0.2, 0.25) is 0 Å². The highest BCUT2D eigenvalue weighted by molar-refractivity contribution is 5.67. The third-order valence-corrected chi connectivity index (χ3v) is 4.74. The molecule has 0 radical (unpaired) electrons. The predicted molar refractivity (Wildman–Crippen MR) is 83.1 cm³/mol. The van der Waals surface area contributed by atoms with E-state index in [1.54, 1.807) is 0 Å². The van der Waals surface area contributed by atoms with E-state index in [1.807, 2.05) is 0 Å². The van der Waals surface area contributed by atoms with Crippen molar-refractivity contribution in [1.29, 1.82) is 0 Å². The van der Waals surface area contributed by atoms with Crippen LogP contribution >= 0.6 is 0 Å². The summed E-state index contributed by atoms with van der Waals surface area (Å²) in [5.74, 6) is 9.44. The van der Waals surface area contributed by atoms with Gasteiger partial charge < -0.3 is 19.9 Å². The van der Waals surface area contributed by atoms with Crippen molar-refractivity contribution in [3.63, 3.8) is 0 Å². The van der Waals surface area contributed by atoms with E-state index in [9.17, 15) is 4.79 Å². The molecule has 5 atom stereocenters. The molecule has 2 aliphatic carbocycles. The summed E-state index contributed by atoms with van der Waals surface area (Å²) in [5.41, 5.74) is 0. The Labute approximate surface area is 132 Å². The second-order valence-corrected chi connectivity index (χ2v) is 6.40. The number of hydrogen-bond acceptors (Lipinski definition) is 4. The number of carbonyl (C=O) groups excluding carboxylic acids is 1. The number of hydrogen-bond donors (Lipinski definition) is 2. The molecule has 0 bridgehead atoms. The zero-order valence-electron chi connectivity index (χ0n) is 13.5. The number of alkyl carbamates (subject to hydrolysis) is 1. The Morgan fingerprint density at radius 3 is 2.41 bits per heavy atom. The van der Waals surface area contributed by atoms with Crippen molar-refractivity contribution < 1.29 is 19.4 Å². The fraction of sp³-hybridized carbons (Fsp3) is 0.824. The van der Waals surface area contributed by atoms with Gasteiger partial charge in [-0.3, -0.25) is 0 Å². The molecule has 0 aromatic carbocycles. The molecule has 0 aromatic rings. The van der Waals surface area contributed by atoms with Crippen LogP contribution in [0.25, 0.3) is 0 Å². The third kappa shape index (κ3) is 4.62. The number of carbonyl (C=O) groups is 1. The molecular formula is C17H27NO4. The Morgan fingerprint density at radius 1 is 1.18 bits per heavy atom.